The molecule has 1 amide bonds. The van der Waals surface area contributed by atoms with E-state index < -0.39 is 6.10 Å². The van der Waals surface area contributed by atoms with E-state index in [1.165, 1.54) is 0 Å². The second-order valence-corrected chi connectivity index (χ2v) is 7.77. The Morgan fingerprint density at radius 1 is 1.03 bits per heavy atom. The number of nitrogens with zero attached hydrogens (tertiary/aromatic N) is 1. The summed E-state index contributed by atoms with van der Waals surface area (Å²) >= 11 is 3.42. The lowest BCUT2D eigenvalue weighted by atomic mass is 10.2. The summed E-state index contributed by atoms with van der Waals surface area (Å²) in [4.78, 5) is 12.3. The Balaban J connectivity index is 1.50. The zero-order chi connectivity index (χ0) is 22.8. The summed E-state index contributed by atoms with van der Waals surface area (Å²) in [5.41, 5.74) is 4.34. The van der Waals surface area contributed by atoms with Crippen LogP contribution >= 0.6 is 15.9 Å². The molecule has 7 heteroatoms. The Bertz CT molecular complexity index is 1040. The second-order valence-electron chi connectivity index (χ2n) is 6.86. The quantitative estimate of drug-likeness (QED) is 0.303. The Kier molecular flexibility index (Phi) is 8.69. The first-order valence-electron chi connectivity index (χ1n) is 10.2. The van der Waals surface area contributed by atoms with Crippen LogP contribution in [0, 0.1) is 0 Å². The predicted octanol–water partition coefficient (Wildman–Crippen LogP) is 5.34. The van der Waals surface area contributed by atoms with Crippen LogP contribution in [0.1, 0.15) is 25.0 Å². The maximum atomic E-state index is 12.3. The SMILES string of the molecule is CCOc1ccc(Br)cc1/C=N/NC(=O)C(C)Oc1ccc(OCc2ccccc2)cc1. The highest BCUT2D eigenvalue weighted by Crippen LogP contribution is 2.22. The van der Waals surface area contributed by atoms with Crippen molar-refractivity contribution in [1.82, 2.24) is 5.43 Å². The summed E-state index contributed by atoms with van der Waals surface area (Å²) in [5, 5.41) is 4.03. The summed E-state index contributed by atoms with van der Waals surface area (Å²) < 4.78 is 17.9. The van der Waals surface area contributed by atoms with Gasteiger partial charge in [0.05, 0.1) is 12.8 Å². The third kappa shape index (κ3) is 7.13. The van der Waals surface area contributed by atoms with E-state index in [0.717, 1.165) is 21.3 Å². The van der Waals surface area contributed by atoms with Crippen LogP contribution in [0.25, 0.3) is 0 Å². The molecule has 0 saturated carbocycles. The van der Waals surface area contributed by atoms with Crippen molar-refractivity contribution in [3.05, 3.63) is 88.4 Å². The first kappa shape index (κ1) is 23.3. The number of carbonyl (C=O) groups excluding carboxylic acids is 1. The Morgan fingerprint density at radius 3 is 2.47 bits per heavy atom. The van der Waals surface area contributed by atoms with E-state index in [4.69, 9.17) is 14.2 Å². The highest BCUT2D eigenvalue weighted by Gasteiger charge is 2.14. The normalized spacial score (nSPS) is 11.7. The highest BCUT2D eigenvalue weighted by molar-refractivity contribution is 9.10. The molecule has 0 fully saturated rings. The number of amides is 1. The van der Waals surface area contributed by atoms with Gasteiger partial charge < -0.3 is 14.2 Å². The number of hydrogen-bond donors (Lipinski definition) is 1. The number of nitrogens with one attached hydrogen (secondary N) is 1. The lowest BCUT2D eigenvalue weighted by Gasteiger charge is -2.13. The highest BCUT2D eigenvalue weighted by atomic mass is 79.9. The van der Waals surface area contributed by atoms with E-state index in [-0.39, 0.29) is 5.91 Å². The number of carbonyl (C=O) groups is 1. The van der Waals surface area contributed by atoms with E-state index in [1.54, 1.807) is 25.3 Å². The minimum atomic E-state index is -0.725. The number of halogens is 1. The molecule has 1 unspecified atom stereocenters. The second kappa shape index (κ2) is 11.9. The standard InChI is InChI=1S/C25H25BrN2O4/c1-3-30-24-14-9-21(26)15-20(24)16-27-28-25(29)18(2)32-23-12-10-22(11-13-23)31-17-19-7-5-4-6-8-19/h4-16,18H,3,17H2,1-2H3,(H,28,29)/b27-16+. The fourth-order valence-electron chi connectivity index (χ4n) is 2.78. The van der Waals surface area contributed by atoms with Crippen molar-refractivity contribution in [3.8, 4) is 17.2 Å². The maximum Gasteiger partial charge on any atom is 0.280 e. The van der Waals surface area contributed by atoms with E-state index in [0.29, 0.717) is 24.7 Å². The van der Waals surface area contributed by atoms with Crippen molar-refractivity contribution in [3.63, 3.8) is 0 Å². The van der Waals surface area contributed by atoms with Crippen LogP contribution < -0.4 is 19.6 Å². The van der Waals surface area contributed by atoms with Gasteiger partial charge >= 0.3 is 0 Å². The van der Waals surface area contributed by atoms with Crippen LogP contribution in [-0.4, -0.2) is 24.8 Å². The minimum Gasteiger partial charge on any atom is -0.493 e. The van der Waals surface area contributed by atoms with Crippen LogP contribution in [0.4, 0.5) is 0 Å². The monoisotopic (exact) mass is 496 g/mol. The lowest BCUT2D eigenvalue weighted by Crippen LogP contribution is -2.33. The molecule has 6 nitrogen and oxygen atoms in total. The molecule has 1 N–H and O–H groups in total. The van der Waals surface area contributed by atoms with Gasteiger partial charge in [0.15, 0.2) is 6.10 Å². The van der Waals surface area contributed by atoms with Gasteiger partial charge in [0.2, 0.25) is 0 Å². The van der Waals surface area contributed by atoms with Crippen LogP contribution in [-0.2, 0) is 11.4 Å². The molecule has 1 atom stereocenters. The Hall–Kier alpha value is -3.32. The largest absolute Gasteiger partial charge is 0.493 e. The zero-order valence-electron chi connectivity index (χ0n) is 18.0. The lowest BCUT2D eigenvalue weighted by molar-refractivity contribution is -0.127. The summed E-state index contributed by atoms with van der Waals surface area (Å²) in [6, 6.07) is 22.7. The summed E-state index contributed by atoms with van der Waals surface area (Å²) in [6.45, 7) is 4.59. The average Bonchev–Trinajstić information content (AvgIpc) is 2.81. The Labute approximate surface area is 196 Å². The average molecular weight is 497 g/mol. The molecular weight excluding hydrogens is 472 g/mol. The molecule has 0 radical (unpaired) electrons. The molecule has 0 aliphatic rings. The van der Waals surface area contributed by atoms with E-state index >= 15 is 0 Å². The third-order valence-corrected chi connectivity index (χ3v) is 4.90. The molecule has 3 rings (SSSR count). The molecule has 0 heterocycles. The fourth-order valence-corrected chi connectivity index (χ4v) is 3.16. The zero-order valence-corrected chi connectivity index (χ0v) is 19.5. The molecule has 3 aromatic rings. The molecule has 32 heavy (non-hydrogen) atoms. The summed E-state index contributed by atoms with van der Waals surface area (Å²) in [7, 11) is 0. The predicted molar refractivity (Wildman–Crippen MR) is 128 cm³/mol. The van der Waals surface area contributed by atoms with E-state index in [1.807, 2.05) is 67.6 Å². The van der Waals surface area contributed by atoms with E-state index in [2.05, 4.69) is 26.5 Å². The van der Waals surface area contributed by atoms with Gasteiger partial charge in [0.25, 0.3) is 5.91 Å². The van der Waals surface area contributed by atoms with Crippen molar-refractivity contribution in [1.29, 1.82) is 0 Å². The van der Waals surface area contributed by atoms with E-state index in [9.17, 15) is 4.79 Å². The van der Waals surface area contributed by atoms with Crippen LogP contribution in [0.3, 0.4) is 0 Å². The van der Waals surface area contributed by atoms with Crippen molar-refractivity contribution >= 4 is 28.1 Å². The van der Waals surface area contributed by atoms with Gasteiger partial charge in [-0.05, 0) is 61.9 Å². The van der Waals surface area contributed by atoms with Crippen molar-refractivity contribution in [2.45, 2.75) is 26.6 Å². The van der Waals surface area contributed by atoms with Crippen LogP contribution in [0.5, 0.6) is 17.2 Å². The number of ether oxygens (including phenoxy) is 3. The number of hydrogen-bond acceptors (Lipinski definition) is 5. The first-order valence-corrected chi connectivity index (χ1v) is 11.0. The summed E-state index contributed by atoms with van der Waals surface area (Å²) in [6.07, 6.45) is 0.816. The smallest absolute Gasteiger partial charge is 0.280 e. The molecule has 0 bridgehead atoms. The molecule has 3 aromatic carbocycles. The van der Waals surface area contributed by atoms with Gasteiger partial charge in [-0.3, -0.25) is 4.79 Å². The Morgan fingerprint density at radius 2 is 1.75 bits per heavy atom. The number of rotatable bonds is 10. The molecule has 0 aromatic heterocycles. The van der Waals surface area contributed by atoms with Gasteiger partial charge in [-0.15, -0.1) is 0 Å². The van der Waals surface area contributed by atoms with Crippen molar-refractivity contribution < 1.29 is 19.0 Å². The number of hydrazone groups is 1. The van der Waals surface area contributed by atoms with Crippen LogP contribution in [0.15, 0.2) is 82.4 Å². The number of benzene rings is 3. The van der Waals surface area contributed by atoms with Gasteiger partial charge in [0.1, 0.15) is 23.9 Å². The van der Waals surface area contributed by atoms with Gasteiger partial charge in [-0.1, -0.05) is 46.3 Å². The van der Waals surface area contributed by atoms with Gasteiger partial charge in [0, 0.05) is 10.0 Å². The molecule has 166 valence electrons. The van der Waals surface area contributed by atoms with Gasteiger partial charge in [-0.2, -0.15) is 5.10 Å². The molecular formula is C25H25BrN2O4. The van der Waals surface area contributed by atoms with Crippen molar-refractivity contribution in [2.75, 3.05) is 6.61 Å². The minimum absolute atomic E-state index is 0.362. The fraction of sp³-hybridized carbons (Fsp3) is 0.200. The third-order valence-electron chi connectivity index (χ3n) is 4.40. The molecule has 0 aliphatic carbocycles. The van der Waals surface area contributed by atoms with Crippen molar-refractivity contribution in [2.24, 2.45) is 5.10 Å². The topological polar surface area (TPSA) is 69.2 Å². The first-order chi connectivity index (χ1) is 15.5. The molecule has 0 aliphatic heterocycles. The molecule has 0 spiro atoms. The maximum absolute atomic E-state index is 12.3. The molecule has 0 saturated heterocycles. The van der Waals surface area contributed by atoms with Gasteiger partial charge in [-0.25, -0.2) is 5.43 Å². The summed E-state index contributed by atoms with van der Waals surface area (Å²) in [5.74, 6) is 1.61. The van der Waals surface area contributed by atoms with Crippen LogP contribution in [0.2, 0.25) is 0 Å².